The van der Waals surface area contributed by atoms with E-state index in [2.05, 4.69) is 12.2 Å². The molecule has 1 N–H and O–H groups in total. The van der Waals surface area contributed by atoms with Gasteiger partial charge in [0, 0.05) is 45.6 Å². The number of esters is 2. The lowest BCUT2D eigenvalue weighted by atomic mass is 10.1. The third-order valence-corrected chi connectivity index (χ3v) is 10.4. The molecule has 0 fully saturated rings. The molecule has 0 atom stereocenters. The maximum absolute atomic E-state index is 13.0. The van der Waals surface area contributed by atoms with Crippen LogP contribution in [0.5, 0.6) is 0 Å². The summed E-state index contributed by atoms with van der Waals surface area (Å²) in [4.78, 5) is 56.5. The smallest absolute Gasteiger partial charge is 0.305 e. The predicted molar refractivity (Wildman–Crippen MR) is 198 cm³/mol. The molecule has 0 aliphatic heterocycles. The first-order valence-corrected chi connectivity index (χ1v) is 22.4. The molecule has 0 unspecified atom stereocenters. The van der Waals surface area contributed by atoms with Gasteiger partial charge in [0.1, 0.15) is 0 Å². The predicted octanol–water partition coefficient (Wildman–Crippen LogP) is 7.45. The summed E-state index contributed by atoms with van der Waals surface area (Å²) in [6, 6.07) is 0. The summed E-state index contributed by atoms with van der Waals surface area (Å²) in [5.41, 5.74) is -4.33. The number of hydrogen-bond donors (Lipinski definition) is 1. The first kappa shape index (κ1) is 50.7. The summed E-state index contributed by atoms with van der Waals surface area (Å²) in [6.45, 7) is 3.04. The second kappa shape index (κ2) is 35.4. The van der Waals surface area contributed by atoms with E-state index < -0.39 is 26.3 Å². The van der Waals surface area contributed by atoms with Crippen molar-refractivity contribution >= 4 is 37.2 Å². The molecule has 0 spiro atoms. The van der Waals surface area contributed by atoms with Crippen molar-refractivity contribution in [3.8, 4) is 0 Å². The van der Waals surface area contributed by atoms with Crippen LogP contribution in [-0.2, 0) is 37.9 Å². The van der Waals surface area contributed by atoms with Crippen molar-refractivity contribution in [3.63, 3.8) is 0 Å². The van der Waals surface area contributed by atoms with Gasteiger partial charge in [-0.15, -0.1) is 0 Å². The fourth-order valence-electron chi connectivity index (χ4n) is 5.14. The molecule has 0 aromatic rings. The number of thioether (sulfide) groups is 1. The molecule has 0 aliphatic rings. The van der Waals surface area contributed by atoms with Crippen LogP contribution in [0.1, 0.15) is 155 Å². The van der Waals surface area contributed by atoms with Crippen LogP contribution in [0.15, 0.2) is 0 Å². The summed E-state index contributed by atoms with van der Waals surface area (Å²) in [6.07, 6.45) is 21.7. The maximum Gasteiger partial charge on any atom is 0.305 e. The molecular formula is C37H68F2NO10PS-2. The van der Waals surface area contributed by atoms with Crippen LogP contribution in [0.25, 0.3) is 0 Å². The number of alkyl halides is 2. The second-order valence-corrected chi connectivity index (χ2v) is 16.0. The minimum Gasteiger partial charge on any atom is -0.807 e. The first-order chi connectivity index (χ1) is 25.0. The normalized spacial score (nSPS) is 11.9. The fraction of sp³-hybridized carbons (Fsp3) is 0.919. The summed E-state index contributed by atoms with van der Waals surface area (Å²) in [7, 11) is -6.00. The number of ether oxygens (including phenoxy) is 4. The van der Waals surface area contributed by atoms with E-state index >= 15 is 0 Å². The third kappa shape index (κ3) is 34.5. The van der Waals surface area contributed by atoms with Gasteiger partial charge < -0.3 is 38.6 Å². The van der Waals surface area contributed by atoms with E-state index in [-0.39, 0.29) is 44.2 Å². The molecule has 0 aromatic carbocycles. The van der Waals surface area contributed by atoms with Gasteiger partial charge in [-0.05, 0) is 31.4 Å². The molecule has 0 bridgehead atoms. The van der Waals surface area contributed by atoms with Crippen molar-refractivity contribution in [1.82, 2.24) is 5.32 Å². The number of amides is 1. The highest BCUT2D eigenvalue weighted by Gasteiger charge is 2.33. The average Bonchev–Trinajstić information content (AvgIpc) is 3.09. The SMILES string of the molecule is CCCCCCCCCCCC(=O)OCCCCCCCCCCCC(=O)OCCCSCCC(=O)NCCOCCOCCC(F)(F)P(=O)([O-])[O-]. The molecule has 0 heterocycles. The molecule has 1 amide bonds. The third-order valence-electron chi connectivity index (χ3n) is 8.33. The van der Waals surface area contributed by atoms with Crippen molar-refractivity contribution < 1.29 is 56.5 Å². The van der Waals surface area contributed by atoms with Gasteiger partial charge >= 0.3 is 11.9 Å². The lowest BCUT2D eigenvalue weighted by molar-refractivity contribution is -0.334. The van der Waals surface area contributed by atoms with E-state index in [4.69, 9.17) is 18.9 Å². The van der Waals surface area contributed by atoms with Crippen molar-refractivity contribution in [3.05, 3.63) is 0 Å². The van der Waals surface area contributed by atoms with Gasteiger partial charge in [-0.1, -0.05) is 103 Å². The number of hydrogen-bond acceptors (Lipinski definition) is 11. The lowest BCUT2D eigenvalue weighted by Gasteiger charge is -2.37. The zero-order valence-corrected chi connectivity index (χ0v) is 33.5. The first-order valence-electron chi connectivity index (χ1n) is 19.7. The van der Waals surface area contributed by atoms with Gasteiger partial charge in [0.25, 0.3) is 5.66 Å². The van der Waals surface area contributed by atoms with Gasteiger partial charge in [-0.25, -0.2) is 8.78 Å². The average molecular weight is 788 g/mol. The molecule has 308 valence electrons. The van der Waals surface area contributed by atoms with E-state index in [1.54, 1.807) is 11.8 Å². The number of halogens is 2. The van der Waals surface area contributed by atoms with Gasteiger partial charge in [0.15, 0.2) is 0 Å². The van der Waals surface area contributed by atoms with Crippen LogP contribution in [0.4, 0.5) is 8.78 Å². The van der Waals surface area contributed by atoms with Gasteiger partial charge in [-0.3, -0.25) is 14.4 Å². The van der Waals surface area contributed by atoms with E-state index in [0.29, 0.717) is 38.2 Å². The molecule has 0 radical (unpaired) electrons. The Bertz CT molecular complexity index is 929. The minimum atomic E-state index is -6.00. The molecule has 15 heteroatoms. The molecule has 0 aromatic heterocycles. The zero-order chi connectivity index (χ0) is 38.6. The van der Waals surface area contributed by atoms with Crippen molar-refractivity contribution in [2.75, 3.05) is 57.7 Å². The Hall–Kier alpha value is -1.31. The quantitative estimate of drug-likeness (QED) is 0.0374. The standard InChI is InChI=1S/C37H70F2NO10PS/c1-2-3-4-5-6-8-11-14-17-21-35(42)49-26-19-16-13-10-7-9-12-15-18-22-36(43)50-27-20-32-52-33-23-34(41)40-25-29-48-31-30-47-28-24-37(38,39)51(44,45)46/h2-33H2,1H3,(H,40,41)(H2,44,45,46)/p-2. The molecule has 0 aliphatic carbocycles. The fourth-order valence-corrected chi connectivity index (χ4v) is 6.36. The number of rotatable bonds is 39. The summed E-state index contributed by atoms with van der Waals surface area (Å²) >= 11 is 1.60. The Kier molecular flexibility index (Phi) is 34.5. The van der Waals surface area contributed by atoms with E-state index in [1.807, 2.05) is 0 Å². The number of unbranched alkanes of at least 4 members (excludes halogenated alkanes) is 16. The van der Waals surface area contributed by atoms with Crippen molar-refractivity contribution in [2.24, 2.45) is 0 Å². The van der Waals surface area contributed by atoms with Crippen molar-refractivity contribution in [1.29, 1.82) is 0 Å². The molecule has 52 heavy (non-hydrogen) atoms. The van der Waals surface area contributed by atoms with Gasteiger partial charge in [0.2, 0.25) is 5.91 Å². The Balaban J connectivity index is 3.36. The molecule has 0 rings (SSSR count). The van der Waals surface area contributed by atoms with E-state index in [9.17, 15) is 37.5 Å². The summed E-state index contributed by atoms with van der Waals surface area (Å²) in [5.74, 6) is 1.07. The van der Waals surface area contributed by atoms with Crippen LogP contribution >= 0.6 is 19.4 Å². The molecular weight excluding hydrogens is 719 g/mol. The maximum atomic E-state index is 13.0. The van der Waals surface area contributed by atoms with Crippen LogP contribution in [0.2, 0.25) is 0 Å². The van der Waals surface area contributed by atoms with E-state index in [1.165, 1.54) is 64.2 Å². The zero-order valence-electron chi connectivity index (χ0n) is 31.8. The van der Waals surface area contributed by atoms with Gasteiger partial charge in [0.05, 0.1) is 39.6 Å². The minimum absolute atomic E-state index is 0.0501. The van der Waals surface area contributed by atoms with Crippen LogP contribution < -0.4 is 15.1 Å². The molecule has 0 saturated heterocycles. The number of nitrogens with one attached hydrogen (secondary N) is 1. The van der Waals surface area contributed by atoms with Crippen LogP contribution in [-0.4, -0.2) is 81.2 Å². The highest BCUT2D eigenvalue weighted by molar-refractivity contribution is 7.99. The second-order valence-electron chi connectivity index (χ2n) is 13.2. The summed E-state index contributed by atoms with van der Waals surface area (Å²) in [5, 5.41) is 2.70. The lowest BCUT2D eigenvalue weighted by Crippen LogP contribution is -2.32. The van der Waals surface area contributed by atoms with Gasteiger partial charge in [-0.2, -0.15) is 11.8 Å². The number of carbonyl (C=O) groups is 3. The largest absolute Gasteiger partial charge is 0.807 e. The monoisotopic (exact) mass is 787 g/mol. The Morgan fingerprint density at radius 1 is 0.596 bits per heavy atom. The highest BCUT2D eigenvalue weighted by atomic mass is 32.2. The Morgan fingerprint density at radius 3 is 1.58 bits per heavy atom. The topological polar surface area (TPSA) is 163 Å². The Morgan fingerprint density at radius 2 is 1.06 bits per heavy atom. The molecule has 11 nitrogen and oxygen atoms in total. The number of carbonyl (C=O) groups excluding carboxylic acids is 3. The summed E-state index contributed by atoms with van der Waals surface area (Å²) < 4.78 is 57.1. The highest BCUT2D eigenvalue weighted by Crippen LogP contribution is 2.47. The van der Waals surface area contributed by atoms with E-state index in [0.717, 1.165) is 63.5 Å². The van der Waals surface area contributed by atoms with Crippen LogP contribution in [0.3, 0.4) is 0 Å². The van der Waals surface area contributed by atoms with Crippen LogP contribution in [0, 0.1) is 0 Å². The molecule has 0 saturated carbocycles. The van der Waals surface area contributed by atoms with Crippen molar-refractivity contribution in [2.45, 2.75) is 160 Å². The Labute approximate surface area is 316 Å².